The normalized spacial score (nSPS) is 13.4. The van der Waals surface area contributed by atoms with Crippen molar-refractivity contribution >= 4 is 17.5 Å². The molecule has 0 saturated carbocycles. The molecule has 0 bridgehead atoms. The summed E-state index contributed by atoms with van der Waals surface area (Å²) >= 11 is 0. The fraction of sp³-hybridized carbons (Fsp3) is 0.467. The first-order valence-corrected chi connectivity index (χ1v) is 6.83. The second kappa shape index (κ2) is 7.73. The second-order valence-electron chi connectivity index (χ2n) is 5.31. The van der Waals surface area contributed by atoms with E-state index in [-0.39, 0.29) is 5.92 Å². The molecule has 0 radical (unpaired) electrons. The Morgan fingerprint density at radius 3 is 2.52 bits per heavy atom. The standard InChI is InChI=1S/C15H21FN2O3/c1-9(6-11(3)19)8-17-14(20)15(21)18-13-5-4-12(16)7-10(13)2/h4-5,7,9,11,19H,6,8H2,1-3H3,(H,17,20)(H,18,21). The van der Waals surface area contributed by atoms with Crippen molar-refractivity contribution in [3.8, 4) is 0 Å². The van der Waals surface area contributed by atoms with Crippen molar-refractivity contribution in [2.24, 2.45) is 5.92 Å². The first-order chi connectivity index (χ1) is 9.79. The fourth-order valence-electron chi connectivity index (χ4n) is 1.96. The number of halogens is 1. The molecule has 3 N–H and O–H groups in total. The molecule has 0 aliphatic carbocycles. The van der Waals surface area contributed by atoms with Gasteiger partial charge >= 0.3 is 11.8 Å². The smallest absolute Gasteiger partial charge is 0.313 e. The predicted molar refractivity (Wildman–Crippen MR) is 78.2 cm³/mol. The molecule has 1 rings (SSSR count). The Kier molecular flexibility index (Phi) is 6.30. The molecule has 1 aromatic rings. The molecule has 0 heterocycles. The van der Waals surface area contributed by atoms with Crippen LogP contribution in [-0.4, -0.2) is 29.6 Å². The number of carbonyl (C=O) groups excluding carboxylic acids is 2. The molecule has 2 atom stereocenters. The van der Waals surface area contributed by atoms with E-state index in [2.05, 4.69) is 10.6 Å². The highest BCUT2D eigenvalue weighted by Gasteiger charge is 2.16. The highest BCUT2D eigenvalue weighted by Crippen LogP contribution is 2.15. The molecular weight excluding hydrogens is 275 g/mol. The third kappa shape index (κ3) is 5.91. The Balaban J connectivity index is 2.49. The van der Waals surface area contributed by atoms with Crippen molar-refractivity contribution in [1.82, 2.24) is 5.32 Å². The minimum atomic E-state index is -0.797. The van der Waals surface area contributed by atoms with Crippen LogP contribution >= 0.6 is 0 Å². The monoisotopic (exact) mass is 296 g/mol. The number of hydrogen-bond acceptors (Lipinski definition) is 3. The fourth-order valence-corrected chi connectivity index (χ4v) is 1.96. The Labute approximate surface area is 123 Å². The van der Waals surface area contributed by atoms with Gasteiger partial charge in [-0.15, -0.1) is 0 Å². The lowest BCUT2D eigenvalue weighted by Gasteiger charge is -2.14. The van der Waals surface area contributed by atoms with Gasteiger partial charge in [0.15, 0.2) is 0 Å². The first-order valence-electron chi connectivity index (χ1n) is 6.83. The summed E-state index contributed by atoms with van der Waals surface area (Å²) in [4.78, 5) is 23.4. The average Bonchev–Trinajstić information content (AvgIpc) is 2.38. The van der Waals surface area contributed by atoms with Gasteiger partial charge in [-0.3, -0.25) is 9.59 Å². The lowest BCUT2D eigenvalue weighted by atomic mass is 10.0. The van der Waals surface area contributed by atoms with Gasteiger partial charge in [-0.1, -0.05) is 6.92 Å². The number of hydrogen-bond donors (Lipinski definition) is 3. The predicted octanol–water partition coefficient (Wildman–Crippen LogP) is 1.60. The summed E-state index contributed by atoms with van der Waals surface area (Å²) < 4.78 is 12.9. The number of anilines is 1. The molecule has 0 aliphatic heterocycles. The number of aryl methyl sites for hydroxylation is 1. The van der Waals surface area contributed by atoms with Crippen LogP contribution in [0.4, 0.5) is 10.1 Å². The van der Waals surface area contributed by atoms with Crippen molar-refractivity contribution in [1.29, 1.82) is 0 Å². The second-order valence-corrected chi connectivity index (χ2v) is 5.31. The number of aliphatic hydroxyl groups is 1. The van der Waals surface area contributed by atoms with Crippen LogP contribution in [0.5, 0.6) is 0 Å². The topological polar surface area (TPSA) is 78.4 Å². The minimum absolute atomic E-state index is 0.0642. The number of amides is 2. The summed E-state index contributed by atoms with van der Waals surface area (Å²) in [5.74, 6) is -1.89. The van der Waals surface area contributed by atoms with Crippen molar-refractivity contribution in [3.63, 3.8) is 0 Å². The molecule has 116 valence electrons. The van der Waals surface area contributed by atoms with Crippen LogP contribution in [0.1, 0.15) is 25.8 Å². The largest absolute Gasteiger partial charge is 0.393 e. The van der Waals surface area contributed by atoms with E-state index in [1.54, 1.807) is 13.8 Å². The van der Waals surface area contributed by atoms with Gasteiger partial charge in [-0.05, 0) is 49.9 Å². The van der Waals surface area contributed by atoms with Gasteiger partial charge in [0.2, 0.25) is 0 Å². The zero-order chi connectivity index (χ0) is 16.0. The molecule has 21 heavy (non-hydrogen) atoms. The van der Waals surface area contributed by atoms with E-state index in [0.29, 0.717) is 24.2 Å². The molecule has 0 fully saturated rings. The lowest BCUT2D eigenvalue weighted by Crippen LogP contribution is -2.38. The van der Waals surface area contributed by atoms with E-state index in [1.807, 2.05) is 6.92 Å². The van der Waals surface area contributed by atoms with Crippen LogP contribution in [0, 0.1) is 18.7 Å². The number of carbonyl (C=O) groups is 2. The molecule has 2 unspecified atom stereocenters. The average molecular weight is 296 g/mol. The SMILES string of the molecule is Cc1cc(F)ccc1NC(=O)C(=O)NCC(C)CC(C)O. The van der Waals surface area contributed by atoms with Crippen LogP contribution in [0.25, 0.3) is 0 Å². The van der Waals surface area contributed by atoms with Crippen LogP contribution in [0.2, 0.25) is 0 Å². The summed E-state index contributed by atoms with van der Waals surface area (Å²) in [6.45, 7) is 5.48. The Morgan fingerprint density at radius 1 is 1.29 bits per heavy atom. The summed E-state index contributed by atoms with van der Waals surface area (Å²) in [6, 6.07) is 3.90. The summed E-state index contributed by atoms with van der Waals surface area (Å²) in [5.41, 5.74) is 0.937. The molecule has 0 saturated heterocycles. The molecule has 0 aromatic heterocycles. The van der Waals surface area contributed by atoms with Gasteiger partial charge in [0.05, 0.1) is 6.10 Å². The highest BCUT2D eigenvalue weighted by molar-refractivity contribution is 6.39. The van der Waals surface area contributed by atoms with Crippen LogP contribution in [0.3, 0.4) is 0 Å². The van der Waals surface area contributed by atoms with Crippen LogP contribution in [-0.2, 0) is 9.59 Å². The van der Waals surface area contributed by atoms with Crippen molar-refractivity contribution in [2.75, 3.05) is 11.9 Å². The van der Waals surface area contributed by atoms with E-state index in [0.717, 1.165) is 0 Å². The molecule has 2 amide bonds. The quantitative estimate of drug-likeness (QED) is 0.722. The van der Waals surface area contributed by atoms with E-state index in [1.165, 1.54) is 18.2 Å². The first kappa shape index (κ1) is 17.1. The van der Waals surface area contributed by atoms with Gasteiger partial charge < -0.3 is 15.7 Å². The number of aliphatic hydroxyl groups excluding tert-OH is 1. The molecule has 1 aromatic carbocycles. The molecular formula is C15H21FN2O3. The van der Waals surface area contributed by atoms with Crippen molar-refractivity contribution in [3.05, 3.63) is 29.6 Å². The van der Waals surface area contributed by atoms with Gasteiger partial charge in [0.25, 0.3) is 0 Å². The van der Waals surface area contributed by atoms with E-state index >= 15 is 0 Å². The van der Waals surface area contributed by atoms with E-state index in [4.69, 9.17) is 0 Å². The lowest BCUT2D eigenvalue weighted by molar-refractivity contribution is -0.136. The Morgan fingerprint density at radius 2 is 1.95 bits per heavy atom. The molecule has 6 heteroatoms. The molecule has 0 aliphatic rings. The molecule has 5 nitrogen and oxygen atoms in total. The van der Waals surface area contributed by atoms with Gasteiger partial charge in [-0.2, -0.15) is 0 Å². The number of benzene rings is 1. The Hall–Kier alpha value is -1.95. The Bertz CT molecular complexity index is 518. The summed E-state index contributed by atoms with van der Waals surface area (Å²) in [7, 11) is 0. The summed E-state index contributed by atoms with van der Waals surface area (Å²) in [5, 5.41) is 14.2. The molecule has 0 spiro atoms. The van der Waals surface area contributed by atoms with Gasteiger partial charge in [-0.25, -0.2) is 4.39 Å². The zero-order valence-corrected chi connectivity index (χ0v) is 12.4. The number of rotatable bonds is 5. The minimum Gasteiger partial charge on any atom is -0.393 e. The van der Waals surface area contributed by atoms with Crippen LogP contribution < -0.4 is 10.6 Å². The van der Waals surface area contributed by atoms with Gasteiger partial charge in [0, 0.05) is 12.2 Å². The maximum absolute atomic E-state index is 12.9. The van der Waals surface area contributed by atoms with Crippen LogP contribution in [0.15, 0.2) is 18.2 Å². The third-order valence-corrected chi connectivity index (χ3v) is 3.00. The third-order valence-electron chi connectivity index (χ3n) is 3.00. The highest BCUT2D eigenvalue weighted by atomic mass is 19.1. The summed E-state index contributed by atoms with van der Waals surface area (Å²) in [6.07, 6.45) is 0.0893. The number of nitrogens with one attached hydrogen (secondary N) is 2. The van der Waals surface area contributed by atoms with Gasteiger partial charge in [0.1, 0.15) is 5.82 Å². The van der Waals surface area contributed by atoms with Crippen molar-refractivity contribution in [2.45, 2.75) is 33.3 Å². The maximum Gasteiger partial charge on any atom is 0.313 e. The van der Waals surface area contributed by atoms with Crippen molar-refractivity contribution < 1.29 is 19.1 Å². The van der Waals surface area contributed by atoms with E-state index < -0.39 is 23.7 Å². The van der Waals surface area contributed by atoms with E-state index in [9.17, 15) is 19.1 Å². The maximum atomic E-state index is 12.9. The zero-order valence-electron chi connectivity index (χ0n) is 12.4.